The van der Waals surface area contributed by atoms with Crippen LogP contribution in [0.1, 0.15) is 18.9 Å². The Morgan fingerprint density at radius 2 is 1.74 bits per heavy atom. The molecule has 0 aliphatic carbocycles. The SMILES string of the molecule is CCCN1C(=O)C(Nc2ccc(F)c(F)c2)=C(c2ccc(Cl)cc2Cl)C1=O. The van der Waals surface area contributed by atoms with Crippen molar-refractivity contribution in [2.45, 2.75) is 13.3 Å². The first-order chi connectivity index (χ1) is 12.8. The molecule has 8 heteroatoms. The second-order valence-electron chi connectivity index (χ2n) is 5.89. The Balaban J connectivity index is 2.12. The molecule has 2 aromatic rings. The molecule has 0 spiro atoms. The third kappa shape index (κ3) is 3.68. The highest BCUT2D eigenvalue weighted by Gasteiger charge is 2.39. The molecule has 0 saturated carbocycles. The molecule has 1 heterocycles. The van der Waals surface area contributed by atoms with Gasteiger partial charge in [0.05, 0.1) is 10.6 Å². The number of imide groups is 1. The number of halogens is 4. The first-order valence-electron chi connectivity index (χ1n) is 8.11. The number of hydrogen-bond acceptors (Lipinski definition) is 3. The maximum absolute atomic E-state index is 13.5. The van der Waals surface area contributed by atoms with Gasteiger partial charge in [0.2, 0.25) is 0 Å². The summed E-state index contributed by atoms with van der Waals surface area (Å²) in [6, 6.07) is 7.65. The molecule has 0 radical (unpaired) electrons. The van der Waals surface area contributed by atoms with E-state index in [9.17, 15) is 18.4 Å². The van der Waals surface area contributed by atoms with Crippen molar-refractivity contribution in [2.24, 2.45) is 0 Å². The van der Waals surface area contributed by atoms with Gasteiger partial charge in [0, 0.05) is 28.9 Å². The summed E-state index contributed by atoms with van der Waals surface area (Å²) >= 11 is 12.1. The van der Waals surface area contributed by atoms with E-state index in [0.29, 0.717) is 17.0 Å². The van der Waals surface area contributed by atoms with Gasteiger partial charge in [-0.25, -0.2) is 8.78 Å². The Kier molecular flexibility index (Phi) is 5.48. The zero-order chi connectivity index (χ0) is 19.7. The van der Waals surface area contributed by atoms with E-state index >= 15 is 0 Å². The molecule has 2 aromatic carbocycles. The average molecular weight is 411 g/mol. The summed E-state index contributed by atoms with van der Waals surface area (Å²) in [7, 11) is 0. The van der Waals surface area contributed by atoms with E-state index in [-0.39, 0.29) is 28.5 Å². The van der Waals surface area contributed by atoms with Crippen LogP contribution < -0.4 is 5.32 Å². The van der Waals surface area contributed by atoms with Gasteiger partial charge in [-0.3, -0.25) is 14.5 Å². The number of amides is 2. The summed E-state index contributed by atoms with van der Waals surface area (Å²) in [6.45, 7) is 2.05. The number of hydrogen-bond donors (Lipinski definition) is 1. The zero-order valence-corrected chi connectivity index (χ0v) is 15.7. The maximum Gasteiger partial charge on any atom is 0.278 e. The smallest absolute Gasteiger partial charge is 0.278 e. The number of nitrogens with one attached hydrogen (secondary N) is 1. The van der Waals surface area contributed by atoms with Gasteiger partial charge in [-0.1, -0.05) is 36.2 Å². The number of benzene rings is 2. The highest BCUT2D eigenvalue weighted by molar-refractivity contribution is 6.41. The topological polar surface area (TPSA) is 49.4 Å². The minimum atomic E-state index is -1.08. The lowest BCUT2D eigenvalue weighted by atomic mass is 10.0. The Bertz CT molecular complexity index is 976. The van der Waals surface area contributed by atoms with Gasteiger partial charge in [-0.2, -0.15) is 0 Å². The van der Waals surface area contributed by atoms with Crippen LogP contribution in [0.4, 0.5) is 14.5 Å². The van der Waals surface area contributed by atoms with Crippen molar-refractivity contribution in [3.63, 3.8) is 0 Å². The molecular formula is C19H14Cl2F2N2O2. The van der Waals surface area contributed by atoms with Crippen molar-refractivity contribution < 1.29 is 18.4 Å². The summed E-state index contributed by atoms with van der Waals surface area (Å²) in [5.41, 5.74) is 0.456. The molecule has 140 valence electrons. The zero-order valence-electron chi connectivity index (χ0n) is 14.2. The Labute approximate surface area is 164 Å². The molecule has 0 saturated heterocycles. The third-order valence-electron chi connectivity index (χ3n) is 4.00. The van der Waals surface area contributed by atoms with Gasteiger partial charge in [0.15, 0.2) is 11.6 Å². The van der Waals surface area contributed by atoms with Gasteiger partial charge < -0.3 is 5.32 Å². The Morgan fingerprint density at radius 1 is 1.00 bits per heavy atom. The summed E-state index contributed by atoms with van der Waals surface area (Å²) in [4.78, 5) is 26.7. The van der Waals surface area contributed by atoms with E-state index in [4.69, 9.17) is 23.2 Å². The molecule has 0 bridgehead atoms. The van der Waals surface area contributed by atoms with Crippen molar-refractivity contribution in [2.75, 3.05) is 11.9 Å². The van der Waals surface area contributed by atoms with Crippen molar-refractivity contribution in [3.05, 3.63) is 69.3 Å². The normalized spacial score (nSPS) is 14.3. The van der Waals surface area contributed by atoms with Gasteiger partial charge in [0.25, 0.3) is 11.8 Å². The standard InChI is InChI=1S/C19H14Cl2F2N2O2/c1-2-7-25-18(26)16(12-5-3-10(20)8-13(12)21)17(19(25)27)24-11-4-6-14(22)15(23)9-11/h3-6,8-9,24H,2,7H2,1H3. The van der Waals surface area contributed by atoms with Crippen molar-refractivity contribution in [1.82, 2.24) is 4.90 Å². The lowest BCUT2D eigenvalue weighted by Gasteiger charge is -2.14. The van der Waals surface area contributed by atoms with Gasteiger partial charge >= 0.3 is 0 Å². The second kappa shape index (κ2) is 7.66. The van der Waals surface area contributed by atoms with Gasteiger partial charge in [0.1, 0.15) is 5.70 Å². The molecule has 1 aliphatic rings. The molecule has 4 nitrogen and oxygen atoms in total. The molecule has 27 heavy (non-hydrogen) atoms. The van der Waals surface area contributed by atoms with Crippen LogP contribution in [0.25, 0.3) is 5.57 Å². The lowest BCUT2D eigenvalue weighted by molar-refractivity contribution is -0.136. The van der Waals surface area contributed by atoms with Crippen LogP contribution in [0.2, 0.25) is 10.0 Å². The van der Waals surface area contributed by atoms with Crippen LogP contribution in [0, 0.1) is 11.6 Å². The number of nitrogens with zero attached hydrogens (tertiary/aromatic N) is 1. The molecule has 0 fully saturated rings. The van der Waals surface area contributed by atoms with Crippen LogP contribution in [0.3, 0.4) is 0 Å². The highest BCUT2D eigenvalue weighted by atomic mass is 35.5. The monoisotopic (exact) mass is 410 g/mol. The summed E-state index contributed by atoms with van der Waals surface area (Å²) < 4.78 is 26.7. The molecule has 0 atom stereocenters. The van der Waals surface area contributed by atoms with E-state index in [2.05, 4.69) is 5.32 Å². The molecule has 0 aromatic heterocycles. The molecule has 3 rings (SSSR count). The van der Waals surface area contributed by atoms with Crippen LogP contribution in [0.5, 0.6) is 0 Å². The maximum atomic E-state index is 13.5. The van der Waals surface area contributed by atoms with Crippen molar-refractivity contribution in [1.29, 1.82) is 0 Å². The predicted octanol–water partition coefficient (Wildman–Crippen LogP) is 4.87. The fourth-order valence-electron chi connectivity index (χ4n) is 2.78. The van der Waals surface area contributed by atoms with Crippen LogP contribution in [-0.4, -0.2) is 23.3 Å². The van der Waals surface area contributed by atoms with Gasteiger partial charge in [-0.05, 0) is 30.7 Å². The number of carbonyl (C=O) groups is 2. The summed E-state index contributed by atoms with van der Waals surface area (Å²) in [5, 5.41) is 3.31. The Hall–Kier alpha value is -2.44. The van der Waals surface area contributed by atoms with E-state index in [0.717, 1.165) is 17.0 Å². The molecule has 1 aliphatic heterocycles. The van der Waals surface area contributed by atoms with Crippen molar-refractivity contribution >= 4 is 46.3 Å². The Morgan fingerprint density at radius 3 is 2.37 bits per heavy atom. The van der Waals surface area contributed by atoms with E-state index in [1.54, 1.807) is 6.07 Å². The summed E-state index contributed by atoms with van der Waals surface area (Å²) in [6.07, 6.45) is 0.567. The summed E-state index contributed by atoms with van der Waals surface area (Å²) in [5.74, 6) is -3.17. The van der Waals surface area contributed by atoms with E-state index < -0.39 is 23.4 Å². The number of rotatable bonds is 5. The second-order valence-corrected chi connectivity index (χ2v) is 6.73. The third-order valence-corrected chi connectivity index (χ3v) is 4.55. The fraction of sp³-hybridized carbons (Fsp3) is 0.158. The van der Waals surface area contributed by atoms with Crippen molar-refractivity contribution in [3.8, 4) is 0 Å². The fourth-order valence-corrected chi connectivity index (χ4v) is 3.28. The average Bonchev–Trinajstić information content (AvgIpc) is 2.83. The largest absolute Gasteiger partial charge is 0.350 e. The first kappa shape index (κ1) is 19.3. The van der Waals surface area contributed by atoms with E-state index in [1.807, 2.05) is 6.92 Å². The van der Waals surface area contributed by atoms with Crippen LogP contribution in [0.15, 0.2) is 42.1 Å². The predicted molar refractivity (Wildman–Crippen MR) is 100 cm³/mol. The number of carbonyl (C=O) groups excluding carboxylic acids is 2. The first-order valence-corrected chi connectivity index (χ1v) is 8.87. The van der Waals surface area contributed by atoms with E-state index in [1.165, 1.54) is 18.2 Å². The molecule has 2 amide bonds. The molecule has 0 unspecified atom stereocenters. The minimum absolute atomic E-state index is 0.0521. The van der Waals surface area contributed by atoms with Crippen LogP contribution >= 0.6 is 23.2 Å². The molecular weight excluding hydrogens is 397 g/mol. The lowest BCUT2D eigenvalue weighted by Crippen LogP contribution is -2.33. The van der Waals surface area contributed by atoms with Gasteiger partial charge in [-0.15, -0.1) is 0 Å². The molecule has 1 N–H and O–H groups in total. The van der Waals surface area contributed by atoms with Crippen LogP contribution in [-0.2, 0) is 9.59 Å². The minimum Gasteiger partial charge on any atom is -0.350 e. The quantitative estimate of drug-likeness (QED) is 0.714. The number of anilines is 1. The highest BCUT2D eigenvalue weighted by Crippen LogP contribution is 2.35.